The van der Waals surface area contributed by atoms with Gasteiger partial charge >= 0.3 is 0 Å². The predicted octanol–water partition coefficient (Wildman–Crippen LogP) is 12.1. The molecule has 2 heteroatoms. The van der Waals surface area contributed by atoms with Gasteiger partial charge in [0.2, 0.25) is 0 Å². The van der Waals surface area contributed by atoms with Crippen LogP contribution >= 0.6 is 0 Å². The molecule has 3 rings (SSSR count). The number of hydrogen-bond donors (Lipinski definition) is 0. The third-order valence-corrected chi connectivity index (χ3v) is 7.10. The zero-order chi connectivity index (χ0) is 31.9. The molecular weight excluding hydrogens is 532 g/mol. The van der Waals surface area contributed by atoms with Gasteiger partial charge < -0.3 is 9.80 Å². The minimum Gasteiger partial charge on any atom is -0.315 e. The van der Waals surface area contributed by atoms with E-state index in [4.69, 9.17) is 0 Å². The van der Waals surface area contributed by atoms with E-state index in [1.807, 2.05) is 56.4 Å². The topological polar surface area (TPSA) is 6.48 Å². The fraction of sp³-hybridized carbons (Fsp3) is 0.0952. The first-order chi connectivity index (χ1) is 21.5. The van der Waals surface area contributed by atoms with Crippen LogP contribution in [0.2, 0.25) is 0 Å². The molecule has 0 saturated carbocycles. The van der Waals surface area contributed by atoms with Crippen molar-refractivity contribution in [2.45, 2.75) is 27.7 Å². The van der Waals surface area contributed by atoms with E-state index < -0.39 is 0 Å². The van der Waals surface area contributed by atoms with E-state index >= 15 is 0 Å². The highest BCUT2D eigenvalue weighted by atomic mass is 15.2. The summed E-state index contributed by atoms with van der Waals surface area (Å²) in [6.45, 7) is 23.9. The standard InChI is InChI=1S/C42H44N2/c1-9-16-38(15-7)44(40(19-12-4)20-13-5)42-31-27-37(28-32-42)35-23-21-34(22-24-35)36-25-29-41(30-26-36)43(33(8)14-6)39(17-10-2)18-11-3/h9-32H,1-2,4,7H2,3,5-6,8H3/b18-11-,20-13-,33-14+,38-16+,39-17+,40-19+. The van der Waals surface area contributed by atoms with E-state index in [0.717, 1.165) is 45.3 Å². The lowest BCUT2D eigenvalue weighted by Gasteiger charge is -2.27. The maximum atomic E-state index is 4.03. The smallest absolute Gasteiger partial charge is 0.0462 e. The van der Waals surface area contributed by atoms with E-state index in [-0.39, 0.29) is 0 Å². The van der Waals surface area contributed by atoms with Crippen molar-refractivity contribution < 1.29 is 0 Å². The van der Waals surface area contributed by atoms with Gasteiger partial charge in [0.25, 0.3) is 0 Å². The molecule has 0 fully saturated rings. The molecule has 0 radical (unpaired) electrons. The van der Waals surface area contributed by atoms with Gasteiger partial charge in [0.15, 0.2) is 0 Å². The van der Waals surface area contributed by atoms with Crippen molar-refractivity contribution >= 4 is 11.4 Å². The minimum absolute atomic E-state index is 0.924. The summed E-state index contributed by atoms with van der Waals surface area (Å²) in [5.74, 6) is 0. The number of allylic oxidation sites excluding steroid dienone is 13. The van der Waals surface area contributed by atoms with Gasteiger partial charge in [0.1, 0.15) is 0 Å². The highest BCUT2D eigenvalue weighted by Crippen LogP contribution is 2.32. The Balaban J connectivity index is 1.91. The quantitative estimate of drug-likeness (QED) is 0.176. The maximum Gasteiger partial charge on any atom is 0.0462 e. The lowest BCUT2D eigenvalue weighted by molar-refractivity contribution is 1.09. The van der Waals surface area contributed by atoms with Gasteiger partial charge in [-0.25, -0.2) is 0 Å². The Kier molecular flexibility index (Phi) is 12.8. The van der Waals surface area contributed by atoms with Gasteiger partial charge in [0.05, 0.1) is 0 Å². The molecule has 0 amide bonds. The summed E-state index contributed by atoms with van der Waals surface area (Å²) in [5, 5.41) is 0. The summed E-state index contributed by atoms with van der Waals surface area (Å²) in [6, 6.07) is 26.0. The molecule has 0 heterocycles. The lowest BCUT2D eigenvalue weighted by atomic mass is 9.99. The first kappa shape index (κ1) is 33.2. The van der Waals surface area contributed by atoms with Crippen molar-refractivity contribution in [3.05, 3.63) is 195 Å². The van der Waals surface area contributed by atoms with E-state index in [1.165, 1.54) is 11.1 Å². The molecule has 0 aromatic heterocycles. The molecule has 0 saturated heterocycles. The van der Waals surface area contributed by atoms with Gasteiger partial charge in [-0.3, -0.25) is 0 Å². The second kappa shape index (κ2) is 16.9. The van der Waals surface area contributed by atoms with Crippen LogP contribution in [0, 0.1) is 0 Å². The molecule has 44 heavy (non-hydrogen) atoms. The molecule has 0 bridgehead atoms. The van der Waals surface area contributed by atoms with Crippen LogP contribution < -0.4 is 9.80 Å². The molecule has 3 aromatic carbocycles. The molecule has 0 aliphatic rings. The highest BCUT2D eigenvalue weighted by Gasteiger charge is 2.14. The SMILES string of the molecule is C=C/C=C(\C=C)N(C(/C=C\C)=C/C=C)c1ccc(-c2ccc(-c3ccc(N(/C(C)=C/C)C(/C=C\C)=C/C=C)cc3)cc2)cc1. The molecule has 0 unspecified atom stereocenters. The summed E-state index contributed by atoms with van der Waals surface area (Å²) in [6.07, 6.45) is 23.5. The monoisotopic (exact) mass is 576 g/mol. The van der Waals surface area contributed by atoms with Gasteiger partial charge in [0, 0.05) is 34.2 Å². The summed E-state index contributed by atoms with van der Waals surface area (Å²) in [4.78, 5) is 4.37. The Morgan fingerprint density at radius 1 is 0.500 bits per heavy atom. The third-order valence-electron chi connectivity index (χ3n) is 7.10. The van der Waals surface area contributed by atoms with Crippen LogP contribution in [0.4, 0.5) is 11.4 Å². The van der Waals surface area contributed by atoms with Crippen LogP contribution in [0.1, 0.15) is 27.7 Å². The second-order valence-corrected chi connectivity index (χ2v) is 9.96. The summed E-state index contributed by atoms with van der Waals surface area (Å²) in [5.41, 5.74) is 10.9. The average molecular weight is 577 g/mol. The molecule has 0 aliphatic carbocycles. The summed E-state index contributed by atoms with van der Waals surface area (Å²) >= 11 is 0. The van der Waals surface area contributed by atoms with Crippen LogP contribution in [0.25, 0.3) is 22.3 Å². The van der Waals surface area contributed by atoms with Gasteiger partial charge in [-0.15, -0.1) is 0 Å². The van der Waals surface area contributed by atoms with Gasteiger partial charge in [-0.2, -0.15) is 0 Å². The molecule has 0 atom stereocenters. The largest absolute Gasteiger partial charge is 0.315 e. The van der Waals surface area contributed by atoms with Crippen molar-refractivity contribution in [1.29, 1.82) is 0 Å². The average Bonchev–Trinajstić information content (AvgIpc) is 3.05. The van der Waals surface area contributed by atoms with Crippen molar-refractivity contribution in [3.63, 3.8) is 0 Å². The lowest BCUT2D eigenvalue weighted by Crippen LogP contribution is -2.19. The molecule has 2 nitrogen and oxygen atoms in total. The van der Waals surface area contributed by atoms with Gasteiger partial charge in [-0.1, -0.05) is 111 Å². The number of benzene rings is 3. The molecule has 0 N–H and O–H groups in total. The zero-order valence-electron chi connectivity index (χ0n) is 26.6. The number of hydrogen-bond acceptors (Lipinski definition) is 2. The second-order valence-electron chi connectivity index (χ2n) is 9.96. The van der Waals surface area contributed by atoms with Crippen LogP contribution in [0.5, 0.6) is 0 Å². The molecule has 3 aromatic rings. The Morgan fingerprint density at radius 3 is 1.18 bits per heavy atom. The van der Waals surface area contributed by atoms with Crippen LogP contribution in [-0.4, -0.2) is 0 Å². The Morgan fingerprint density at radius 2 is 0.841 bits per heavy atom. The molecular formula is C42H44N2. The van der Waals surface area contributed by atoms with Crippen LogP contribution in [-0.2, 0) is 0 Å². The highest BCUT2D eigenvalue weighted by molar-refractivity contribution is 5.74. The first-order valence-corrected chi connectivity index (χ1v) is 14.9. The van der Waals surface area contributed by atoms with Crippen molar-refractivity contribution in [3.8, 4) is 22.3 Å². The summed E-state index contributed by atoms with van der Waals surface area (Å²) in [7, 11) is 0. The fourth-order valence-corrected chi connectivity index (χ4v) is 4.94. The Labute approximate surface area is 265 Å². The Hall–Kier alpha value is -5.34. The van der Waals surface area contributed by atoms with Crippen molar-refractivity contribution in [2.24, 2.45) is 0 Å². The van der Waals surface area contributed by atoms with Crippen molar-refractivity contribution in [1.82, 2.24) is 0 Å². The fourth-order valence-electron chi connectivity index (χ4n) is 4.94. The third kappa shape index (κ3) is 8.14. The van der Waals surface area contributed by atoms with Crippen LogP contribution in [0.15, 0.2) is 195 Å². The van der Waals surface area contributed by atoms with Gasteiger partial charge in [-0.05, 0) is 111 Å². The predicted molar refractivity (Wildman–Crippen MR) is 196 cm³/mol. The van der Waals surface area contributed by atoms with E-state index in [0.29, 0.717) is 0 Å². The van der Waals surface area contributed by atoms with E-state index in [2.05, 4.69) is 141 Å². The van der Waals surface area contributed by atoms with Crippen LogP contribution in [0.3, 0.4) is 0 Å². The minimum atomic E-state index is 0.924. The molecule has 222 valence electrons. The van der Waals surface area contributed by atoms with E-state index in [1.54, 1.807) is 12.2 Å². The number of rotatable bonds is 14. The molecule has 0 spiro atoms. The molecule has 0 aliphatic heterocycles. The Bertz CT molecular complexity index is 1620. The number of anilines is 2. The number of nitrogens with zero attached hydrogens (tertiary/aromatic N) is 2. The zero-order valence-corrected chi connectivity index (χ0v) is 26.6. The van der Waals surface area contributed by atoms with E-state index in [9.17, 15) is 0 Å². The summed E-state index contributed by atoms with van der Waals surface area (Å²) < 4.78 is 0. The maximum absolute atomic E-state index is 4.03. The van der Waals surface area contributed by atoms with Crippen molar-refractivity contribution in [2.75, 3.05) is 9.80 Å². The normalized spacial score (nSPS) is 12.8. The first-order valence-electron chi connectivity index (χ1n) is 14.9.